The zero-order valence-corrected chi connectivity index (χ0v) is 42.8. The molecule has 2 fully saturated rings. The van der Waals surface area contributed by atoms with E-state index >= 15 is 0 Å². The Morgan fingerprint density at radius 2 is 1.04 bits per heavy atom. The minimum absolute atomic E-state index is 0.0746. The fourth-order valence-electron chi connectivity index (χ4n) is 8.67. The average molecular weight is 1050 g/mol. The monoisotopic (exact) mass is 1050 g/mol. The number of hydrogen-bond acceptors (Lipinski definition) is 13. The molecule has 401 valence electrons. The van der Waals surface area contributed by atoms with Crippen LogP contribution in [0.15, 0.2) is 60.7 Å². The maximum absolute atomic E-state index is 13.5. The Morgan fingerprint density at radius 3 is 1.39 bits per heavy atom. The summed E-state index contributed by atoms with van der Waals surface area (Å²) in [7, 11) is 0.123. The van der Waals surface area contributed by atoms with Crippen molar-refractivity contribution in [1.82, 2.24) is 15.5 Å². The summed E-state index contributed by atoms with van der Waals surface area (Å²) in [6.07, 6.45) is 9.78. The molecule has 2 aromatic rings. The number of nitrogens with one attached hydrogen (secondary N) is 4. The number of carbonyl (C=O) groups is 10. The molecule has 2 atom stereocenters. The number of urea groups is 2. The van der Waals surface area contributed by atoms with Crippen LogP contribution < -0.4 is 32.7 Å². The first-order chi connectivity index (χ1) is 35.4. The number of ketones is 3. The summed E-state index contributed by atoms with van der Waals surface area (Å²) in [5, 5.41) is 38.3. The Labute approximate surface area is 433 Å². The number of aliphatic carboxylic acids is 1. The molecule has 3 aliphatic rings. The van der Waals surface area contributed by atoms with Gasteiger partial charge in [-0.3, -0.25) is 47.8 Å². The van der Waals surface area contributed by atoms with E-state index in [1.807, 2.05) is 0 Å². The molecule has 11 N–H and O–H groups in total. The molecule has 0 unspecified atom stereocenters. The highest BCUT2D eigenvalue weighted by Crippen LogP contribution is 2.46. The van der Waals surface area contributed by atoms with Gasteiger partial charge in [-0.25, -0.2) is 9.59 Å². The van der Waals surface area contributed by atoms with Crippen LogP contribution in [0.2, 0.25) is 6.82 Å². The second kappa shape index (κ2) is 31.8. The van der Waals surface area contributed by atoms with Crippen LogP contribution in [0, 0.1) is 22.7 Å². The Hall–Kier alpha value is -6.64. The van der Waals surface area contributed by atoms with Crippen LogP contribution in [0.1, 0.15) is 120 Å². The molecule has 2 aliphatic carbocycles. The SMILES string of the molecule is C[B]P=O.NC(=O)NCCC[C@H](CC(=O)C1(C(=O)CCCCCCN2C(=O)C=CC2=O)CCC1)C(=O)Nc1ccc(CO)cc1.NC(=O)NCCC[C@H](CC(=O)C1(C(=O)O)CCC1)C(=O)Nc1ccc(CO)cc1. The largest absolute Gasteiger partial charge is 0.480 e. The Morgan fingerprint density at radius 1 is 0.635 bits per heavy atom. The van der Waals surface area contributed by atoms with Crippen LogP contribution in [0.25, 0.3) is 0 Å². The molecule has 2 aromatic carbocycles. The summed E-state index contributed by atoms with van der Waals surface area (Å²) in [4.78, 5) is 123. The molecule has 21 nitrogen and oxygen atoms in total. The number of hydrogen-bond donors (Lipinski definition) is 9. The Kier molecular flexibility index (Phi) is 26.5. The van der Waals surface area contributed by atoms with Crippen molar-refractivity contribution in [3.8, 4) is 0 Å². The molecule has 1 heterocycles. The maximum atomic E-state index is 13.5. The fraction of sp³-hybridized carbons (Fsp3) is 0.529. The number of primary amides is 2. The third-order valence-electron chi connectivity index (χ3n) is 13.4. The number of imide groups is 1. The lowest BCUT2D eigenvalue weighted by Crippen LogP contribution is -2.46. The number of nitrogens with zero attached hydrogens (tertiary/aromatic N) is 1. The minimum atomic E-state index is -1.38. The quantitative estimate of drug-likeness (QED) is 0.0162. The van der Waals surface area contributed by atoms with Gasteiger partial charge in [0.15, 0.2) is 5.78 Å². The van der Waals surface area contributed by atoms with E-state index in [9.17, 15) is 62.7 Å². The lowest BCUT2D eigenvalue weighted by molar-refractivity contribution is -0.162. The molecule has 1 radical (unpaired) electrons. The van der Waals surface area contributed by atoms with E-state index in [0.29, 0.717) is 99.7 Å². The van der Waals surface area contributed by atoms with Gasteiger partial charge in [-0.2, -0.15) is 0 Å². The van der Waals surface area contributed by atoms with Gasteiger partial charge >= 0.3 is 18.0 Å². The summed E-state index contributed by atoms with van der Waals surface area (Å²) in [5.74, 6) is -4.63. The van der Waals surface area contributed by atoms with Crippen molar-refractivity contribution in [2.45, 2.75) is 129 Å². The van der Waals surface area contributed by atoms with Crippen LogP contribution in [0.5, 0.6) is 0 Å². The molecule has 74 heavy (non-hydrogen) atoms. The number of rotatable bonds is 30. The number of benzene rings is 2. The molecule has 23 heteroatoms. The minimum Gasteiger partial charge on any atom is -0.480 e. The normalized spacial score (nSPS) is 15.5. The Bertz CT molecular complexity index is 2290. The van der Waals surface area contributed by atoms with Crippen molar-refractivity contribution in [3.05, 3.63) is 71.8 Å². The third-order valence-corrected chi connectivity index (χ3v) is 13.6. The molecule has 0 bridgehead atoms. The number of unbranched alkanes of at least 4 members (excludes halogenated alkanes) is 3. The van der Waals surface area contributed by atoms with Crippen molar-refractivity contribution >= 4 is 85.7 Å². The summed E-state index contributed by atoms with van der Waals surface area (Å²) >= 11 is 0. The number of aliphatic hydroxyl groups excluding tert-OH is 2. The van der Waals surface area contributed by atoms with Crippen molar-refractivity contribution in [2.24, 2.45) is 34.1 Å². The van der Waals surface area contributed by atoms with E-state index in [4.69, 9.17) is 16.6 Å². The van der Waals surface area contributed by atoms with Crippen LogP contribution >= 0.6 is 8.34 Å². The first-order valence-electron chi connectivity index (χ1n) is 24.9. The lowest BCUT2D eigenvalue weighted by Gasteiger charge is -2.39. The van der Waals surface area contributed by atoms with Gasteiger partial charge in [-0.05, 0) is 99.6 Å². The number of anilines is 2. The molecular formula is C51H70BN7O14P. The van der Waals surface area contributed by atoms with E-state index in [2.05, 4.69) is 21.3 Å². The van der Waals surface area contributed by atoms with E-state index in [1.165, 1.54) is 17.1 Å². The van der Waals surface area contributed by atoms with Crippen molar-refractivity contribution < 1.29 is 67.8 Å². The van der Waals surface area contributed by atoms with Crippen molar-refractivity contribution in [2.75, 3.05) is 30.3 Å². The van der Waals surface area contributed by atoms with Gasteiger partial charge in [0.05, 0.1) is 27.0 Å². The van der Waals surface area contributed by atoms with E-state index in [-0.39, 0.29) is 83.2 Å². The van der Waals surface area contributed by atoms with Gasteiger partial charge in [0.25, 0.3) is 11.8 Å². The van der Waals surface area contributed by atoms with Crippen molar-refractivity contribution in [3.63, 3.8) is 0 Å². The second-order valence-corrected chi connectivity index (χ2v) is 19.2. The van der Waals surface area contributed by atoms with Crippen LogP contribution in [0.4, 0.5) is 21.0 Å². The molecule has 8 amide bonds. The zero-order chi connectivity index (χ0) is 54.7. The number of carboxylic acid groups (broad SMARTS) is 1. The number of carboxylic acids is 1. The highest BCUT2D eigenvalue weighted by atomic mass is 31.1. The molecule has 0 spiro atoms. The highest BCUT2D eigenvalue weighted by Gasteiger charge is 2.51. The molecule has 1 aliphatic heterocycles. The van der Waals surface area contributed by atoms with Gasteiger partial charge in [0.1, 0.15) is 17.0 Å². The fourth-order valence-corrected chi connectivity index (χ4v) is 8.67. The van der Waals surface area contributed by atoms with Crippen molar-refractivity contribution in [1.29, 1.82) is 0 Å². The number of aliphatic hydroxyl groups is 2. The molecule has 0 aromatic heterocycles. The molecule has 0 saturated heterocycles. The predicted octanol–water partition coefficient (Wildman–Crippen LogP) is 5.10. The summed E-state index contributed by atoms with van der Waals surface area (Å²) < 4.78 is 9.22. The number of amides is 8. The standard InChI is InChI=1S/C30H40N4O7.C20H27N3O6.CH3BOP/c31-29(41)32-17-5-7-22(28(40)33-23-11-9-21(20-35)10-12-23)19-25(37)30(15-6-16-30)24(36)8-3-1-2-4-18-34-26(38)13-14-27(34)39;21-19(29)22-10-1-3-14(11-16(25)20(18(27)28)8-2-9-20)17(26)23-15-6-4-13(12-24)5-7-15;1-2-4-3/h9-14,22,35H,1-8,15-20H2,(H,33,40)(H3,31,32,41);4-7,14,24H,1-3,8-12H2,(H,23,26)(H,27,28)(H3,21,22,29);1H3/t22-;14-;/m11./s1. The van der Waals surface area contributed by atoms with Gasteiger partial charge in [0, 0.05) is 74.3 Å². The third kappa shape index (κ3) is 19.3. The van der Waals surface area contributed by atoms with Crippen LogP contribution in [-0.4, -0.2) is 106 Å². The topological polar surface area (TPSA) is 352 Å². The molecule has 2 saturated carbocycles. The van der Waals surface area contributed by atoms with Gasteiger partial charge in [0.2, 0.25) is 18.8 Å². The summed E-state index contributed by atoms with van der Waals surface area (Å²) in [5.41, 5.74) is 10.2. The zero-order valence-electron chi connectivity index (χ0n) is 41.9. The first-order valence-corrected chi connectivity index (χ1v) is 25.8. The number of Topliss-reactive ketones (excluding diaryl/α,β-unsaturated/α-hetero) is 3. The number of nitrogens with two attached hydrogens (primary N) is 2. The van der Waals surface area contributed by atoms with Gasteiger partial charge in [-0.15, -0.1) is 0 Å². The van der Waals surface area contributed by atoms with E-state index < -0.39 is 52.4 Å². The van der Waals surface area contributed by atoms with E-state index in [1.54, 1.807) is 62.4 Å². The first kappa shape index (κ1) is 61.7. The predicted molar refractivity (Wildman–Crippen MR) is 275 cm³/mol. The number of carbonyl (C=O) groups excluding carboxylic acids is 9. The van der Waals surface area contributed by atoms with Gasteiger partial charge < -0.3 is 48.1 Å². The smallest absolute Gasteiger partial charge is 0.317 e. The average Bonchev–Trinajstić information content (AvgIpc) is 3.66. The van der Waals surface area contributed by atoms with Crippen LogP contribution in [-0.2, 0) is 56.1 Å². The maximum Gasteiger partial charge on any atom is 0.317 e. The molecular weight excluding hydrogens is 976 g/mol. The Balaban J connectivity index is 0.000000382. The lowest BCUT2D eigenvalue weighted by atomic mass is 9.61. The summed E-state index contributed by atoms with van der Waals surface area (Å²) in [6.45, 7) is 3.91. The van der Waals surface area contributed by atoms with Crippen LogP contribution in [0.3, 0.4) is 0 Å². The second-order valence-electron chi connectivity index (χ2n) is 18.5. The highest BCUT2D eigenvalue weighted by molar-refractivity contribution is 7.60. The van der Waals surface area contributed by atoms with Gasteiger partial charge in [-0.1, -0.05) is 56.8 Å². The molecule has 5 rings (SSSR count). The summed E-state index contributed by atoms with van der Waals surface area (Å²) in [6, 6.07) is 12.0. The van der Waals surface area contributed by atoms with E-state index in [0.717, 1.165) is 19.3 Å².